The Labute approximate surface area is 129 Å². The second-order valence-corrected chi connectivity index (χ2v) is 6.44. The van der Waals surface area contributed by atoms with Crippen LogP contribution >= 0.6 is 27.3 Å². The van der Waals surface area contributed by atoms with Crippen molar-refractivity contribution in [3.63, 3.8) is 0 Å². The number of anilines is 2. The van der Waals surface area contributed by atoms with Crippen LogP contribution in [0.15, 0.2) is 34.2 Å². The van der Waals surface area contributed by atoms with Gasteiger partial charge in [-0.1, -0.05) is 15.9 Å². The second kappa shape index (κ2) is 5.38. The molecule has 0 aliphatic heterocycles. The van der Waals surface area contributed by atoms with Gasteiger partial charge in [-0.3, -0.25) is 4.98 Å². The fraction of sp³-hybridized carbons (Fsp3) is 0.143. The molecule has 2 aromatic heterocycles. The number of hydrogen-bond donors (Lipinski definition) is 2. The molecule has 0 saturated heterocycles. The lowest BCUT2D eigenvalue weighted by molar-refractivity contribution is 1.06. The number of nitrogen functional groups attached to an aromatic ring is 1. The van der Waals surface area contributed by atoms with Crippen LogP contribution in [0.1, 0.15) is 10.7 Å². The van der Waals surface area contributed by atoms with Gasteiger partial charge in [-0.25, -0.2) is 4.98 Å². The summed E-state index contributed by atoms with van der Waals surface area (Å²) in [5.41, 5.74) is 9.53. The molecule has 4 nitrogen and oxygen atoms in total. The highest BCUT2D eigenvalue weighted by Crippen LogP contribution is 2.30. The van der Waals surface area contributed by atoms with Crippen LogP contribution in [0.25, 0.3) is 10.9 Å². The summed E-state index contributed by atoms with van der Waals surface area (Å²) in [7, 11) is 0. The van der Waals surface area contributed by atoms with Gasteiger partial charge in [-0.15, -0.1) is 11.3 Å². The molecule has 0 atom stereocenters. The lowest BCUT2D eigenvalue weighted by Gasteiger charge is -2.11. The first-order chi connectivity index (χ1) is 9.63. The van der Waals surface area contributed by atoms with E-state index >= 15 is 0 Å². The Morgan fingerprint density at radius 2 is 2.25 bits per heavy atom. The van der Waals surface area contributed by atoms with Gasteiger partial charge < -0.3 is 11.1 Å². The molecule has 20 heavy (non-hydrogen) atoms. The first-order valence-electron chi connectivity index (χ1n) is 6.12. The van der Waals surface area contributed by atoms with E-state index in [1.165, 1.54) is 0 Å². The molecule has 0 amide bonds. The lowest BCUT2D eigenvalue weighted by Crippen LogP contribution is -2.04. The first-order valence-corrected chi connectivity index (χ1v) is 7.79. The van der Waals surface area contributed by atoms with Gasteiger partial charge in [0.1, 0.15) is 0 Å². The normalized spacial score (nSPS) is 10.9. The molecule has 2 heterocycles. The number of nitrogens with zero attached hydrogens (tertiary/aromatic N) is 2. The average Bonchev–Trinajstić information content (AvgIpc) is 2.83. The second-order valence-electron chi connectivity index (χ2n) is 4.46. The highest BCUT2D eigenvalue weighted by Gasteiger charge is 2.08. The van der Waals surface area contributed by atoms with Crippen LogP contribution in [0.4, 0.5) is 11.4 Å². The Bertz CT molecular complexity index is 764. The van der Waals surface area contributed by atoms with E-state index in [0.29, 0.717) is 12.2 Å². The van der Waals surface area contributed by atoms with E-state index in [4.69, 9.17) is 5.73 Å². The standard InChI is InChI=1S/C14H13BrN4S/c1-8-19-10(7-20-8)5-18-14-11-4-9(15)2-3-13(11)17-6-12(14)16/h2-4,6-7H,5,16H2,1H3,(H,17,18). The number of nitrogens with two attached hydrogens (primary N) is 1. The first kappa shape index (κ1) is 13.3. The number of rotatable bonds is 3. The third-order valence-electron chi connectivity index (χ3n) is 2.97. The van der Waals surface area contributed by atoms with Crippen molar-refractivity contribution in [2.75, 3.05) is 11.1 Å². The average molecular weight is 349 g/mol. The zero-order valence-electron chi connectivity index (χ0n) is 10.9. The van der Waals surface area contributed by atoms with Crippen molar-refractivity contribution in [2.45, 2.75) is 13.5 Å². The van der Waals surface area contributed by atoms with E-state index in [1.807, 2.05) is 25.1 Å². The van der Waals surface area contributed by atoms with Crippen LogP contribution < -0.4 is 11.1 Å². The van der Waals surface area contributed by atoms with Gasteiger partial charge in [0.25, 0.3) is 0 Å². The van der Waals surface area contributed by atoms with Gasteiger partial charge in [0.05, 0.1) is 40.3 Å². The maximum atomic E-state index is 6.05. The van der Waals surface area contributed by atoms with Crippen molar-refractivity contribution in [1.82, 2.24) is 9.97 Å². The highest BCUT2D eigenvalue weighted by atomic mass is 79.9. The van der Waals surface area contributed by atoms with Crippen molar-refractivity contribution >= 4 is 49.5 Å². The third kappa shape index (κ3) is 2.62. The van der Waals surface area contributed by atoms with Crippen molar-refractivity contribution < 1.29 is 0 Å². The smallest absolute Gasteiger partial charge is 0.0898 e. The summed E-state index contributed by atoms with van der Waals surface area (Å²) in [6.07, 6.45) is 1.69. The number of pyridine rings is 1. The molecule has 0 radical (unpaired) electrons. The number of hydrogen-bond acceptors (Lipinski definition) is 5. The molecule has 0 spiro atoms. The Morgan fingerprint density at radius 1 is 1.40 bits per heavy atom. The molecule has 0 aliphatic rings. The topological polar surface area (TPSA) is 63.8 Å². The summed E-state index contributed by atoms with van der Waals surface area (Å²) in [5.74, 6) is 0. The van der Waals surface area contributed by atoms with Crippen LogP contribution in [0.5, 0.6) is 0 Å². The minimum Gasteiger partial charge on any atom is -0.396 e. The quantitative estimate of drug-likeness (QED) is 0.751. The minimum absolute atomic E-state index is 0.641. The number of thiazole rings is 1. The zero-order valence-corrected chi connectivity index (χ0v) is 13.3. The summed E-state index contributed by atoms with van der Waals surface area (Å²) in [6, 6.07) is 5.96. The maximum absolute atomic E-state index is 6.05. The molecule has 0 saturated carbocycles. The molecule has 102 valence electrons. The third-order valence-corrected chi connectivity index (χ3v) is 4.29. The molecule has 0 aliphatic carbocycles. The molecule has 0 fully saturated rings. The van der Waals surface area contributed by atoms with Gasteiger partial charge in [-0.2, -0.15) is 0 Å². The summed E-state index contributed by atoms with van der Waals surface area (Å²) >= 11 is 5.13. The van der Waals surface area contributed by atoms with E-state index in [2.05, 4.69) is 36.6 Å². The van der Waals surface area contributed by atoms with Gasteiger partial charge in [0, 0.05) is 15.2 Å². The fourth-order valence-corrected chi connectivity index (χ4v) is 3.02. The number of aromatic nitrogens is 2. The minimum atomic E-state index is 0.641. The largest absolute Gasteiger partial charge is 0.396 e. The van der Waals surface area contributed by atoms with Crippen LogP contribution in [-0.2, 0) is 6.54 Å². The Kier molecular flexibility index (Phi) is 3.58. The number of halogens is 1. The van der Waals surface area contributed by atoms with Crippen molar-refractivity contribution in [2.24, 2.45) is 0 Å². The number of nitrogens with one attached hydrogen (secondary N) is 1. The SMILES string of the molecule is Cc1nc(CNc2c(N)cnc3ccc(Br)cc23)cs1. The van der Waals surface area contributed by atoms with Crippen molar-refractivity contribution in [3.05, 3.63) is 45.0 Å². The lowest BCUT2D eigenvalue weighted by atomic mass is 10.1. The molecule has 3 rings (SSSR count). The molecule has 3 N–H and O–H groups in total. The van der Waals surface area contributed by atoms with E-state index in [-0.39, 0.29) is 0 Å². The Hall–Kier alpha value is -1.66. The van der Waals surface area contributed by atoms with Crippen LogP contribution in [0, 0.1) is 6.92 Å². The predicted octanol–water partition coefficient (Wildman–Crippen LogP) is 3.96. The maximum Gasteiger partial charge on any atom is 0.0898 e. The molecule has 1 aromatic carbocycles. The fourth-order valence-electron chi connectivity index (χ4n) is 2.05. The molecule has 3 aromatic rings. The van der Waals surface area contributed by atoms with Gasteiger partial charge >= 0.3 is 0 Å². The number of benzene rings is 1. The molecular formula is C14H13BrN4S. The van der Waals surface area contributed by atoms with Gasteiger partial charge in [-0.05, 0) is 25.1 Å². The summed E-state index contributed by atoms with van der Waals surface area (Å²) < 4.78 is 1.00. The van der Waals surface area contributed by atoms with E-state index < -0.39 is 0 Å². The van der Waals surface area contributed by atoms with Crippen LogP contribution in [0.2, 0.25) is 0 Å². The van der Waals surface area contributed by atoms with Crippen molar-refractivity contribution in [1.29, 1.82) is 0 Å². The highest BCUT2D eigenvalue weighted by molar-refractivity contribution is 9.10. The van der Waals surface area contributed by atoms with E-state index in [0.717, 1.165) is 31.8 Å². The van der Waals surface area contributed by atoms with Crippen molar-refractivity contribution in [3.8, 4) is 0 Å². The van der Waals surface area contributed by atoms with Gasteiger partial charge in [0.2, 0.25) is 0 Å². The van der Waals surface area contributed by atoms with E-state index in [9.17, 15) is 0 Å². The monoisotopic (exact) mass is 348 g/mol. The van der Waals surface area contributed by atoms with E-state index in [1.54, 1.807) is 17.5 Å². The predicted molar refractivity (Wildman–Crippen MR) is 88.0 cm³/mol. The molecular weight excluding hydrogens is 336 g/mol. The number of aryl methyl sites for hydroxylation is 1. The zero-order chi connectivity index (χ0) is 14.1. The van der Waals surface area contributed by atoms with Gasteiger partial charge in [0.15, 0.2) is 0 Å². The summed E-state index contributed by atoms with van der Waals surface area (Å²) in [5, 5.41) is 7.50. The number of fused-ring (bicyclic) bond motifs is 1. The summed E-state index contributed by atoms with van der Waals surface area (Å²) in [6.45, 7) is 2.65. The molecule has 0 bridgehead atoms. The molecule has 6 heteroatoms. The Balaban J connectivity index is 1.97. The van der Waals surface area contributed by atoms with Crippen LogP contribution in [0.3, 0.4) is 0 Å². The summed E-state index contributed by atoms with van der Waals surface area (Å²) in [4.78, 5) is 8.79. The molecule has 0 unspecified atom stereocenters. The Morgan fingerprint density at radius 3 is 3.00 bits per heavy atom. The van der Waals surface area contributed by atoms with Crippen LogP contribution in [-0.4, -0.2) is 9.97 Å².